The highest BCUT2D eigenvalue weighted by Crippen LogP contribution is 2.31. The van der Waals surface area contributed by atoms with E-state index in [4.69, 9.17) is 5.11 Å². The summed E-state index contributed by atoms with van der Waals surface area (Å²) >= 11 is 1.92. The minimum absolute atomic E-state index is 0.263. The Labute approximate surface area is 121 Å². The van der Waals surface area contributed by atoms with Gasteiger partial charge >= 0.3 is 5.97 Å². The van der Waals surface area contributed by atoms with Crippen LogP contribution in [0.2, 0.25) is 0 Å². The number of carboxylic acids is 1. The Balaban J connectivity index is 1.94. The topological polar surface area (TPSA) is 40.5 Å². The molecule has 2 rings (SSSR count). The lowest BCUT2D eigenvalue weighted by atomic mass is 9.97. The lowest BCUT2D eigenvalue weighted by molar-refractivity contribution is -0.138. The zero-order chi connectivity index (χ0) is 13.7. The highest BCUT2D eigenvalue weighted by molar-refractivity contribution is 7.99. The summed E-state index contributed by atoms with van der Waals surface area (Å²) in [7, 11) is 0. The van der Waals surface area contributed by atoms with Crippen LogP contribution in [0.3, 0.4) is 0 Å². The van der Waals surface area contributed by atoms with Gasteiger partial charge in [-0.2, -0.15) is 11.8 Å². The van der Waals surface area contributed by atoms with Crippen molar-refractivity contribution in [3.8, 4) is 0 Å². The highest BCUT2D eigenvalue weighted by atomic mass is 32.2. The predicted octanol–water partition coefficient (Wildman–Crippen LogP) is 3.24. The number of thioether (sulfide) groups is 1. The van der Waals surface area contributed by atoms with Gasteiger partial charge in [0.2, 0.25) is 0 Å². The first kappa shape index (κ1) is 15.2. The van der Waals surface area contributed by atoms with Crippen LogP contribution in [0.25, 0.3) is 0 Å². The van der Waals surface area contributed by atoms with Crippen LogP contribution in [-0.4, -0.2) is 46.1 Å². The Kier molecular flexibility index (Phi) is 6.02. The Morgan fingerprint density at radius 2 is 2.16 bits per heavy atom. The fraction of sp³-hybridized carbons (Fsp3) is 0.933. The summed E-state index contributed by atoms with van der Waals surface area (Å²) in [5.41, 5.74) is 0. The van der Waals surface area contributed by atoms with Crippen molar-refractivity contribution in [3.05, 3.63) is 0 Å². The third-order valence-electron chi connectivity index (χ3n) is 4.79. The average molecular weight is 285 g/mol. The Hall–Kier alpha value is -0.220. The lowest BCUT2D eigenvalue weighted by Gasteiger charge is -2.40. The highest BCUT2D eigenvalue weighted by Gasteiger charge is 2.31. The van der Waals surface area contributed by atoms with Crippen molar-refractivity contribution < 1.29 is 9.90 Å². The molecule has 19 heavy (non-hydrogen) atoms. The van der Waals surface area contributed by atoms with Gasteiger partial charge in [-0.05, 0) is 25.2 Å². The van der Waals surface area contributed by atoms with Crippen molar-refractivity contribution in [3.63, 3.8) is 0 Å². The van der Waals surface area contributed by atoms with Gasteiger partial charge < -0.3 is 5.11 Å². The molecule has 1 heterocycles. The molecular formula is C15H27NO2S. The molecule has 3 unspecified atom stereocenters. The third kappa shape index (κ3) is 4.38. The SMILES string of the molecule is CCC1CCCC(N2CCSCC2CC(=O)O)CC1. The van der Waals surface area contributed by atoms with E-state index in [2.05, 4.69) is 11.8 Å². The van der Waals surface area contributed by atoms with Gasteiger partial charge in [0.1, 0.15) is 0 Å². The summed E-state index contributed by atoms with van der Waals surface area (Å²) in [6.07, 6.45) is 8.22. The van der Waals surface area contributed by atoms with Crippen molar-refractivity contribution in [2.45, 2.75) is 64.0 Å². The molecule has 3 nitrogen and oxygen atoms in total. The number of hydrogen-bond donors (Lipinski definition) is 1. The number of aliphatic carboxylic acids is 1. The molecule has 0 aromatic rings. The van der Waals surface area contributed by atoms with Gasteiger partial charge in [0, 0.05) is 30.1 Å². The predicted molar refractivity (Wildman–Crippen MR) is 80.7 cm³/mol. The molecule has 0 radical (unpaired) electrons. The minimum Gasteiger partial charge on any atom is -0.481 e. The van der Waals surface area contributed by atoms with Crippen LogP contribution in [0.1, 0.15) is 51.9 Å². The lowest BCUT2D eigenvalue weighted by Crippen LogP contribution is -2.49. The van der Waals surface area contributed by atoms with Gasteiger partial charge in [0.05, 0.1) is 6.42 Å². The van der Waals surface area contributed by atoms with E-state index >= 15 is 0 Å². The Bertz CT molecular complexity index is 298. The summed E-state index contributed by atoms with van der Waals surface area (Å²) < 4.78 is 0. The average Bonchev–Trinajstić information content (AvgIpc) is 2.64. The van der Waals surface area contributed by atoms with Gasteiger partial charge in [-0.15, -0.1) is 0 Å². The van der Waals surface area contributed by atoms with Gasteiger partial charge in [-0.25, -0.2) is 0 Å². The van der Waals surface area contributed by atoms with E-state index in [1.165, 1.54) is 44.3 Å². The molecule has 1 N–H and O–H groups in total. The van der Waals surface area contributed by atoms with E-state index in [0.29, 0.717) is 12.5 Å². The van der Waals surface area contributed by atoms with Crippen LogP contribution in [0, 0.1) is 5.92 Å². The van der Waals surface area contributed by atoms with Gasteiger partial charge in [-0.1, -0.05) is 26.2 Å². The molecule has 0 bridgehead atoms. The standard InChI is InChI=1S/C15H27NO2S/c1-2-12-4-3-5-13(7-6-12)16-8-9-19-11-14(16)10-15(17)18/h12-14H,2-11H2,1H3,(H,17,18). The van der Waals surface area contributed by atoms with E-state index in [-0.39, 0.29) is 6.04 Å². The number of carbonyl (C=O) groups is 1. The van der Waals surface area contributed by atoms with E-state index in [9.17, 15) is 4.79 Å². The maximum atomic E-state index is 11.0. The van der Waals surface area contributed by atoms with E-state index < -0.39 is 5.97 Å². The molecule has 2 fully saturated rings. The molecule has 1 aliphatic heterocycles. The normalized spacial score (nSPS) is 33.8. The molecule has 1 saturated carbocycles. The summed E-state index contributed by atoms with van der Waals surface area (Å²) in [6, 6.07) is 0.904. The van der Waals surface area contributed by atoms with E-state index in [0.717, 1.165) is 18.2 Å². The van der Waals surface area contributed by atoms with Crippen molar-refractivity contribution in [2.24, 2.45) is 5.92 Å². The first-order valence-electron chi connectivity index (χ1n) is 7.76. The molecule has 3 atom stereocenters. The summed E-state index contributed by atoms with van der Waals surface area (Å²) in [5.74, 6) is 2.43. The van der Waals surface area contributed by atoms with Crippen molar-refractivity contribution >= 4 is 17.7 Å². The summed E-state index contributed by atoms with van der Waals surface area (Å²) in [5, 5.41) is 9.08. The monoisotopic (exact) mass is 285 g/mol. The summed E-state index contributed by atoms with van der Waals surface area (Å²) in [6.45, 7) is 3.39. The van der Waals surface area contributed by atoms with Crippen LogP contribution in [0.4, 0.5) is 0 Å². The van der Waals surface area contributed by atoms with Crippen molar-refractivity contribution in [1.29, 1.82) is 0 Å². The van der Waals surface area contributed by atoms with Gasteiger partial charge in [0.25, 0.3) is 0 Å². The zero-order valence-electron chi connectivity index (χ0n) is 12.0. The van der Waals surface area contributed by atoms with Crippen molar-refractivity contribution in [2.75, 3.05) is 18.1 Å². The van der Waals surface area contributed by atoms with Crippen LogP contribution in [0.15, 0.2) is 0 Å². The molecule has 1 aliphatic carbocycles. The van der Waals surface area contributed by atoms with Crippen LogP contribution in [-0.2, 0) is 4.79 Å². The number of hydrogen-bond acceptors (Lipinski definition) is 3. The number of carboxylic acid groups (broad SMARTS) is 1. The van der Waals surface area contributed by atoms with Crippen LogP contribution >= 0.6 is 11.8 Å². The molecule has 1 saturated heterocycles. The first-order valence-corrected chi connectivity index (χ1v) is 8.91. The zero-order valence-corrected chi connectivity index (χ0v) is 12.8. The van der Waals surface area contributed by atoms with E-state index in [1.807, 2.05) is 11.8 Å². The second-order valence-corrected chi connectivity index (χ2v) is 7.15. The Morgan fingerprint density at radius 3 is 2.89 bits per heavy atom. The summed E-state index contributed by atoms with van der Waals surface area (Å²) in [4.78, 5) is 13.6. The maximum Gasteiger partial charge on any atom is 0.304 e. The first-order chi connectivity index (χ1) is 9.20. The van der Waals surface area contributed by atoms with Crippen molar-refractivity contribution in [1.82, 2.24) is 4.90 Å². The number of nitrogens with zero attached hydrogens (tertiary/aromatic N) is 1. The van der Waals surface area contributed by atoms with Crippen LogP contribution < -0.4 is 0 Å². The molecular weight excluding hydrogens is 258 g/mol. The largest absolute Gasteiger partial charge is 0.481 e. The molecule has 0 aromatic heterocycles. The Morgan fingerprint density at radius 1 is 1.32 bits per heavy atom. The quantitative estimate of drug-likeness (QED) is 0.805. The fourth-order valence-corrected chi connectivity index (χ4v) is 4.71. The maximum absolute atomic E-state index is 11.0. The molecule has 0 amide bonds. The van der Waals surface area contributed by atoms with E-state index in [1.54, 1.807) is 0 Å². The molecule has 4 heteroatoms. The fourth-order valence-electron chi connectivity index (χ4n) is 3.62. The molecule has 110 valence electrons. The second kappa shape index (κ2) is 7.53. The second-order valence-electron chi connectivity index (χ2n) is 6.00. The minimum atomic E-state index is -0.641. The smallest absolute Gasteiger partial charge is 0.304 e. The molecule has 0 spiro atoms. The van der Waals surface area contributed by atoms with Gasteiger partial charge in [-0.3, -0.25) is 9.69 Å². The van der Waals surface area contributed by atoms with Crippen LogP contribution in [0.5, 0.6) is 0 Å². The number of rotatable bonds is 4. The third-order valence-corrected chi connectivity index (χ3v) is 5.88. The molecule has 0 aromatic carbocycles. The van der Waals surface area contributed by atoms with Gasteiger partial charge in [0.15, 0.2) is 0 Å². The molecule has 2 aliphatic rings.